The molecule has 0 aliphatic carbocycles. The van der Waals surface area contributed by atoms with Gasteiger partial charge in [0.1, 0.15) is 13.2 Å². The third-order valence-corrected chi connectivity index (χ3v) is 7.10. The molecule has 4 rings (SSSR count). The summed E-state index contributed by atoms with van der Waals surface area (Å²) in [5, 5.41) is 2.57. The van der Waals surface area contributed by atoms with Gasteiger partial charge in [-0.2, -0.15) is 0 Å². The lowest BCUT2D eigenvalue weighted by atomic mass is 10.1. The number of carbonyl (C=O) groups is 3. The number of nitrogens with zero attached hydrogens (tertiary/aromatic N) is 1. The molecule has 0 bridgehead atoms. The van der Waals surface area contributed by atoms with Crippen molar-refractivity contribution < 1.29 is 23.9 Å². The Kier molecular flexibility index (Phi) is 8.76. The average Bonchev–Trinajstić information content (AvgIpc) is 3.14. The van der Waals surface area contributed by atoms with Crippen molar-refractivity contribution in [3.05, 3.63) is 92.8 Å². The Bertz CT molecular complexity index is 1410. The second-order valence-electron chi connectivity index (χ2n) is 8.60. The van der Waals surface area contributed by atoms with E-state index in [1.165, 1.54) is 0 Å². The number of aryl methyl sites for hydroxylation is 1. The molecule has 0 atom stereocenters. The van der Waals surface area contributed by atoms with Crippen LogP contribution in [0.1, 0.15) is 29.2 Å². The Hall–Kier alpha value is -3.75. The van der Waals surface area contributed by atoms with Crippen molar-refractivity contribution in [3.63, 3.8) is 0 Å². The van der Waals surface area contributed by atoms with Crippen molar-refractivity contribution in [2.75, 3.05) is 18.5 Å². The van der Waals surface area contributed by atoms with Gasteiger partial charge >= 0.3 is 0 Å². The maximum atomic E-state index is 13.0. The van der Waals surface area contributed by atoms with Gasteiger partial charge in [0.05, 0.1) is 16.5 Å². The fourth-order valence-electron chi connectivity index (χ4n) is 3.81. The summed E-state index contributed by atoms with van der Waals surface area (Å²) >= 11 is 7.30. The molecule has 3 aromatic carbocycles. The zero-order valence-corrected chi connectivity index (χ0v) is 22.8. The van der Waals surface area contributed by atoms with Crippen LogP contribution in [0.25, 0.3) is 6.08 Å². The van der Waals surface area contributed by atoms with Crippen LogP contribution in [0, 0.1) is 13.8 Å². The van der Waals surface area contributed by atoms with Crippen LogP contribution >= 0.6 is 23.4 Å². The highest BCUT2D eigenvalue weighted by Gasteiger charge is 2.36. The minimum absolute atomic E-state index is 0.186. The van der Waals surface area contributed by atoms with Gasteiger partial charge in [-0.1, -0.05) is 54.1 Å². The molecule has 196 valence electrons. The van der Waals surface area contributed by atoms with Crippen molar-refractivity contribution in [2.45, 2.75) is 27.4 Å². The molecule has 0 saturated carbocycles. The maximum Gasteiger partial charge on any atom is 0.294 e. The molecule has 1 aliphatic rings. The number of hydrogen-bond acceptors (Lipinski definition) is 6. The topological polar surface area (TPSA) is 84.9 Å². The minimum atomic E-state index is -0.547. The summed E-state index contributed by atoms with van der Waals surface area (Å²) in [6.45, 7) is 5.99. The average molecular weight is 551 g/mol. The van der Waals surface area contributed by atoms with Gasteiger partial charge in [-0.25, -0.2) is 0 Å². The number of halogens is 1. The highest BCUT2D eigenvalue weighted by Crippen LogP contribution is 2.39. The van der Waals surface area contributed by atoms with Crippen LogP contribution in [0.5, 0.6) is 11.5 Å². The number of thioether (sulfide) groups is 1. The molecule has 1 N–H and O–H groups in total. The van der Waals surface area contributed by atoms with Gasteiger partial charge in [0, 0.05) is 5.69 Å². The molecule has 1 saturated heterocycles. The van der Waals surface area contributed by atoms with Gasteiger partial charge < -0.3 is 14.8 Å². The summed E-state index contributed by atoms with van der Waals surface area (Å²) in [6.07, 6.45) is 1.56. The zero-order valence-electron chi connectivity index (χ0n) is 21.2. The smallest absolute Gasteiger partial charge is 0.294 e. The van der Waals surface area contributed by atoms with E-state index in [1.54, 1.807) is 24.3 Å². The molecule has 38 heavy (non-hydrogen) atoms. The lowest BCUT2D eigenvalue weighted by Gasteiger charge is -2.15. The van der Waals surface area contributed by atoms with Crippen molar-refractivity contribution >= 4 is 52.2 Å². The second kappa shape index (κ2) is 12.2. The minimum Gasteiger partial charge on any atom is -0.490 e. The molecule has 0 radical (unpaired) electrons. The maximum absolute atomic E-state index is 13.0. The fraction of sp³-hybridized carbons (Fsp3) is 0.207. The molecule has 9 heteroatoms. The van der Waals surface area contributed by atoms with Crippen LogP contribution < -0.4 is 14.8 Å². The van der Waals surface area contributed by atoms with E-state index < -0.39 is 17.1 Å². The van der Waals surface area contributed by atoms with Crippen LogP contribution in [-0.2, 0) is 16.2 Å². The highest BCUT2D eigenvalue weighted by molar-refractivity contribution is 8.18. The summed E-state index contributed by atoms with van der Waals surface area (Å²) in [5.41, 5.74) is 4.14. The third kappa shape index (κ3) is 6.38. The Labute approximate surface area is 230 Å². The summed E-state index contributed by atoms with van der Waals surface area (Å²) in [5.74, 6) is -0.182. The first kappa shape index (κ1) is 27.3. The van der Waals surface area contributed by atoms with E-state index in [0.29, 0.717) is 41.0 Å². The molecule has 7 nitrogen and oxygen atoms in total. The van der Waals surface area contributed by atoms with Crippen LogP contribution in [0.15, 0.2) is 65.6 Å². The SMILES string of the molecule is CCOc1cc(/C=C2\SC(=O)N(CC(=O)Nc3cccc(C)c3C)C2=O)cc(Cl)c1OCc1ccccc1. The summed E-state index contributed by atoms with van der Waals surface area (Å²) in [7, 11) is 0. The van der Waals surface area contributed by atoms with Gasteiger partial charge in [0.2, 0.25) is 5.91 Å². The molecule has 1 fully saturated rings. The van der Waals surface area contributed by atoms with E-state index in [9.17, 15) is 14.4 Å². The Morgan fingerprint density at radius 3 is 2.55 bits per heavy atom. The quantitative estimate of drug-likeness (QED) is 0.302. The lowest BCUT2D eigenvalue weighted by molar-refractivity contribution is -0.127. The number of rotatable bonds is 9. The molecule has 1 aliphatic heterocycles. The molecular formula is C29H27ClN2O5S. The number of nitrogens with one attached hydrogen (secondary N) is 1. The fourth-order valence-corrected chi connectivity index (χ4v) is 4.92. The van der Waals surface area contributed by atoms with Crippen molar-refractivity contribution in [1.29, 1.82) is 0 Å². The zero-order chi connectivity index (χ0) is 27.2. The number of ether oxygens (including phenoxy) is 2. The van der Waals surface area contributed by atoms with Crippen LogP contribution in [0.4, 0.5) is 10.5 Å². The molecule has 3 amide bonds. The van der Waals surface area contributed by atoms with Gasteiger partial charge in [-0.3, -0.25) is 19.3 Å². The largest absolute Gasteiger partial charge is 0.490 e. The predicted molar refractivity (Wildman–Crippen MR) is 151 cm³/mol. The summed E-state index contributed by atoms with van der Waals surface area (Å²) in [6, 6.07) is 18.6. The van der Waals surface area contributed by atoms with E-state index in [0.717, 1.165) is 33.4 Å². The molecule has 0 aromatic heterocycles. The second-order valence-corrected chi connectivity index (χ2v) is 10.0. The molecule has 0 unspecified atom stereocenters. The number of imide groups is 1. The van der Waals surface area contributed by atoms with Gasteiger partial charge in [0.25, 0.3) is 11.1 Å². The Morgan fingerprint density at radius 2 is 1.82 bits per heavy atom. The Morgan fingerprint density at radius 1 is 1.05 bits per heavy atom. The predicted octanol–water partition coefficient (Wildman–Crippen LogP) is 6.61. The van der Waals surface area contributed by atoms with E-state index in [-0.39, 0.29) is 11.4 Å². The number of hydrogen-bond donors (Lipinski definition) is 1. The number of anilines is 1. The monoisotopic (exact) mass is 550 g/mol. The van der Waals surface area contributed by atoms with Gasteiger partial charge in [0.15, 0.2) is 11.5 Å². The third-order valence-electron chi connectivity index (χ3n) is 5.91. The first-order chi connectivity index (χ1) is 18.3. The van der Waals surface area contributed by atoms with Crippen molar-refractivity contribution in [2.24, 2.45) is 0 Å². The normalized spacial score (nSPS) is 14.2. The molecular weight excluding hydrogens is 524 g/mol. The van der Waals surface area contributed by atoms with Crippen LogP contribution in [-0.4, -0.2) is 35.1 Å². The van der Waals surface area contributed by atoms with Crippen LogP contribution in [0.2, 0.25) is 5.02 Å². The lowest BCUT2D eigenvalue weighted by Crippen LogP contribution is -2.36. The number of benzene rings is 3. The van der Waals surface area contributed by atoms with Gasteiger partial charge in [-0.15, -0.1) is 0 Å². The summed E-state index contributed by atoms with van der Waals surface area (Å²) < 4.78 is 11.7. The molecule has 1 heterocycles. The first-order valence-electron chi connectivity index (χ1n) is 12.0. The van der Waals surface area contributed by atoms with Crippen molar-refractivity contribution in [3.8, 4) is 11.5 Å². The van der Waals surface area contributed by atoms with E-state index in [4.69, 9.17) is 21.1 Å². The number of carbonyl (C=O) groups excluding carboxylic acids is 3. The van der Waals surface area contributed by atoms with Crippen LogP contribution in [0.3, 0.4) is 0 Å². The Balaban J connectivity index is 1.49. The first-order valence-corrected chi connectivity index (χ1v) is 13.2. The van der Waals surface area contributed by atoms with E-state index in [2.05, 4.69) is 5.32 Å². The highest BCUT2D eigenvalue weighted by atomic mass is 35.5. The number of amides is 3. The van der Waals surface area contributed by atoms with E-state index >= 15 is 0 Å². The van der Waals surface area contributed by atoms with E-state index in [1.807, 2.05) is 63.2 Å². The van der Waals surface area contributed by atoms with Gasteiger partial charge in [-0.05, 0) is 79.1 Å². The standard InChI is InChI=1S/C29H27ClN2O5S/c1-4-36-24-14-21(13-22(30)27(24)37-17-20-10-6-5-7-11-20)15-25-28(34)32(29(35)38-25)16-26(33)31-23-12-8-9-18(2)19(23)3/h5-15H,4,16-17H2,1-3H3,(H,31,33)/b25-15-. The van der Waals surface area contributed by atoms with Crippen molar-refractivity contribution in [1.82, 2.24) is 4.90 Å². The molecule has 3 aromatic rings. The summed E-state index contributed by atoms with van der Waals surface area (Å²) in [4.78, 5) is 39.3. The molecule has 0 spiro atoms.